The van der Waals surface area contributed by atoms with E-state index in [0.717, 1.165) is 35.7 Å². The molecule has 2 atom stereocenters. The van der Waals surface area contributed by atoms with E-state index in [2.05, 4.69) is 43.1 Å². The molecule has 1 fully saturated rings. The van der Waals surface area contributed by atoms with Gasteiger partial charge in [0, 0.05) is 11.6 Å². The summed E-state index contributed by atoms with van der Waals surface area (Å²) in [6.07, 6.45) is 6.15. The smallest absolute Gasteiger partial charge is 0.0927 e. The molecular weight excluding hydrogens is 246 g/mol. The van der Waals surface area contributed by atoms with Gasteiger partial charge in [-0.25, -0.2) is 0 Å². The number of aliphatic hydroxyl groups is 1. The van der Waals surface area contributed by atoms with Crippen molar-refractivity contribution in [1.82, 2.24) is 4.98 Å². The molecule has 0 saturated heterocycles. The third kappa shape index (κ3) is 2.22. The molecule has 1 aliphatic carbocycles. The minimum absolute atomic E-state index is 0.345. The SMILES string of the molecule is CC(C)C1CCCCC1(O)c1ccc2cccnc2c1. The van der Waals surface area contributed by atoms with E-state index in [9.17, 15) is 5.11 Å². The highest BCUT2D eigenvalue weighted by molar-refractivity contribution is 5.79. The number of fused-ring (bicyclic) bond motifs is 1. The first-order valence-electron chi connectivity index (χ1n) is 7.69. The van der Waals surface area contributed by atoms with Crippen LogP contribution in [0.2, 0.25) is 0 Å². The lowest BCUT2D eigenvalue weighted by atomic mass is 9.67. The summed E-state index contributed by atoms with van der Waals surface area (Å²) in [5.41, 5.74) is 1.34. The molecule has 0 radical (unpaired) electrons. The third-order valence-electron chi connectivity index (χ3n) is 4.85. The second-order valence-corrected chi connectivity index (χ2v) is 6.43. The Kier molecular flexibility index (Phi) is 3.51. The Labute approximate surface area is 120 Å². The van der Waals surface area contributed by atoms with Crippen LogP contribution in [0, 0.1) is 11.8 Å². The molecule has 106 valence electrons. The van der Waals surface area contributed by atoms with Gasteiger partial charge in [-0.2, -0.15) is 0 Å². The normalized spacial score (nSPS) is 27.1. The summed E-state index contributed by atoms with van der Waals surface area (Å²) in [4.78, 5) is 4.43. The minimum Gasteiger partial charge on any atom is -0.385 e. The quantitative estimate of drug-likeness (QED) is 0.883. The predicted octanol–water partition coefficient (Wildman–Crippen LogP) is 4.27. The number of aromatic nitrogens is 1. The fourth-order valence-corrected chi connectivity index (χ4v) is 3.76. The third-order valence-corrected chi connectivity index (χ3v) is 4.85. The van der Waals surface area contributed by atoms with Crippen LogP contribution < -0.4 is 0 Å². The van der Waals surface area contributed by atoms with Gasteiger partial charge in [0.15, 0.2) is 0 Å². The van der Waals surface area contributed by atoms with Crippen LogP contribution >= 0.6 is 0 Å². The Morgan fingerprint density at radius 1 is 1.25 bits per heavy atom. The molecule has 20 heavy (non-hydrogen) atoms. The first-order valence-corrected chi connectivity index (χ1v) is 7.69. The van der Waals surface area contributed by atoms with E-state index in [-0.39, 0.29) is 0 Å². The number of hydrogen-bond acceptors (Lipinski definition) is 2. The Bertz CT molecular complexity index is 607. The first-order chi connectivity index (χ1) is 9.61. The van der Waals surface area contributed by atoms with Gasteiger partial charge in [0.1, 0.15) is 0 Å². The van der Waals surface area contributed by atoms with Crippen molar-refractivity contribution in [3.05, 3.63) is 42.1 Å². The van der Waals surface area contributed by atoms with Crippen molar-refractivity contribution in [3.63, 3.8) is 0 Å². The van der Waals surface area contributed by atoms with Crippen LogP contribution in [0.1, 0.15) is 45.1 Å². The summed E-state index contributed by atoms with van der Waals surface area (Å²) in [5, 5.41) is 12.4. The molecule has 0 spiro atoms. The molecular formula is C18H23NO. The Balaban J connectivity index is 2.06. The van der Waals surface area contributed by atoms with Gasteiger partial charge >= 0.3 is 0 Å². The van der Waals surface area contributed by atoms with Crippen LogP contribution in [0.5, 0.6) is 0 Å². The average molecular weight is 269 g/mol. The minimum atomic E-state index is -0.682. The summed E-state index contributed by atoms with van der Waals surface area (Å²) < 4.78 is 0. The second kappa shape index (κ2) is 5.17. The zero-order chi connectivity index (χ0) is 14.2. The van der Waals surface area contributed by atoms with Crippen LogP contribution in [0.4, 0.5) is 0 Å². The van der Waals surface area contributed by atoms with Crippen molar-refractivity contribution < 1.29 is 5.11 Å². The fourth-order valence-electron chi connectivity index (χ4n) is 3.76. The lowest BCUT2D eigenvalue weighted by molar-refractivity contribution is -0.0720. The Hall–Kier alpha value is -1.41. The van der Waals surface area contributed by atoms with E-state index in [1.54, 1.807) is 0 Å². The highest BCUT2D eigenvalue weighted by atomic mass is 16.3. The van der Waals surface area contributed by atoms with Gasteiger partial charge in [0.05, 0.1) is 11.1 Å². The monoisotopic (exact) mass is 269 g/mol. The van der Waals surface area contributed by atoms with E-state index in [1.807, 2.05) is 12.3 Å². The number of benzene rings is 1. The van der Waals surface area contributed by atoms with Crippen molar-refractivity contribution in [1.29, 1.82) is 0 Å². The molecule has 2 unspecified atom stereocenters. The van der Waals surface area contributed by atoms with Crippen molar-refractivity contribution in [2.24, 2.45) is 11.8 Å². The summed E-state index contributed by atoms with van der Waals surface area (Å²) >= 11 is 0. The molecule has 1 aromatic heterocycles. The molecule has 0 amide bonds. The number of hydrogen-bond donors (Lipinski definition) is 1. The molecule has 0 aliphatic heterocycles. The zero-order valence-electron chi connectivity index (χ0n) is 12.3. The lowest BCUT2D eigenvalue weighted by Gasteiger charge is -2.42. The molecule has 3 rings (SSSR count). The molecule has 1 saturated carbocycles. The first kappa shape index (κ1) is 13.6. The molecule has 1 heterocycles. The maximum absolute atomic E-state index is 11.3. The highest BCUT2D eigenvalue weighted by Crippen LogP contribution is 2.45. The summed E-state index contributed by atoms with van der Waals surface area (Å²) in [6, 6.07) is 10.3. The maximum Gasteiger partial charge on any atom is 0.0927 e. The molecule has 1 N–H and O–H groups in total. The van der Waals surface area contributed by atoms with Gasteiger partial charge in [0.25, 0.3) is 0 Å². The number of pyridine rings is 1. The molecule has 2 heteroatoms. The number of rotatable bonds is 2. The standard InChI is InChI=1S/C18H23NO/c1-13(2)16-7-3-4-10-18(16,20)15-9-8-14-6-5-11-19-17(14)12-15/h5-6,8-9,11-13,16,20H,3-4,7,10H2,1-2H3. The highest BCUT2D eigenvalue weighted by Gasteiger charge is 2.41. The van der Waals surface area contributed by atoms with E-state index in [4.69, 9.17) is 0 Å². The van der Waals surface area contributed by atoms with E-state index >= 15 is 0 Å². The van der Waals surface area contributed by atoms with Gasteiger partial charge < -0.3 is 5.11 Å². The van der Waals surface area contributed by atoms with E-state index < -0.39 is 5.60 Å². The van der Waals surface area contributed by atoms with Crippen molar-refractivity contribution in [2.45, 2.75) is 45.1 Å². The molecule has 2 aromatic rings. The topological polar surface area (TPSA) is 33.1 Å². The maximum atomic E-state index is 11.3. The average Bonchev–Trinajstić information content (AvgIpc) is 2.47. The zero-order valence-corrected chi connectivity index (χ0v) is 12.3. The Morgan fingerprint density at radius 3 is 2.90 bits per heavy atom. The molecule has 2 nitrogen and oxygen atoms in total. The van der Waals surface area contributed by atoms with Crippen LogP contribution in [0.3, 0.4) is 0 Å². The van der Waals surface area contributed by atoms with Crippen LogP contribution in [0.25, 0.3) is 10.9 Å². The van der Waals surface area contributed by atoms with Crippen molar-refractivity contribution >= 4 is 10.9 Å². The fraction of sp³-hybridized carbons (Fsp3) is 0.500. The lowest BCUT2D eigenvalue weighted by Crippen LogP contribution is -2.40. The van der Waals surface area contributed by atoms with Gasteiger partial charge in [-0.1, -0.05) is 44.9 Å². The summed E-state index contributed by atoms with van der Waals surface area (Å²) in [6.45, 7) is 4.44. The molecule has 1 aliphatic rings. The second-order valence-electron chi connectivity index (χ2n) is 6.43. The summed E-state index contributed by atoms with van der Waals surface area (Å²) in [5.74, 6) is 0.845. The molecule has 1 aromatic carbocycles. The van der Waals surface area contributed by atoms with Gasteiger partial charge in [-0.3, -0.25) is 4.98 Å². The van der Waals surface area contributed by atoms with Crippen LogP contribution in [-0.4, -0.2) is 10.1 Å². The van der Waals surface area contributed by atoms with Gasteiger partial charge in [0.2, 0.25) is 0 Å². The van der Waals surface area contributed by atoms with Gasteiger partial charge in [-0.15, -0.1) is 0 Å². The summed E-state index contributed by atoms with van der Waals surface area (Å²) in [7, 11) is 0. The predicted molar refractivity (Wildman–Crippen MR) is 82.4 cm³/mol. The van der Waals surface area contributed by atoms with Crippen LogP contribution in [0.15, 0.2) is 36.5 Å². The van der Waals surface area contributed by atoms with E-state index in [0.29, 0.717) is 11.8 Å². The Morgan fingerprint density at radius 2 is 2.10 bits per heavy atom. The van der Waals surface area contributed by atoms with Crippen molar-refractivity contribution in [2.75, 3.05) is 0 Å². The largest absolute Gasteiger partial charge is 0.385 e. The number of nitrogens with zero attached hydrogens (tertiary/aromatic N) is 1. The van der Waals surface area contributed by atoms with Crippen molar-refractivity contribution in [3.8, 4) is 0 Å². The van der Waals surface area contributed by atoms with Gasteiger partial charge in [-0.05, 0) is 42.4 Å². The van der Waals surface area contributed by atoms with E-state index in [1.165, 1.54) is 6.42 Å². The molecule has 0 bridgehead atoms. The van der Waals surface area contributed by atoms with Crippen LogP contribution in [-0.2, 0) is 5.60 Å².